The van der Waals surface area contributed by atoms with Gasteiger partial charge in [-0.3, -0.25) is 4.98 Å². The minimum atomic E-state index is 0. The molecule has 0 aliphatic carbocycles. The van der Waals surface area contributed by atoms with Gasteiger partial charge >= 0.3 is 0 Å². The Kier molecular flexibility index (Phi) is 8.49. The van der Waals surface area contributed by atoms with Crippen LogP contribution in [0, 0.1) is 6.07 Å². The Bertz CT molecular complexity index is 1650. The van der Waals surface area contributed by atoms with Crippen molar-refractivity contribution in [3.63, 3.8) is 0 Å². The van der Waals surface area contributed by atoms with Gasteiger partial charge in [0.2, 0.25) is 0 Å². The number of phenolic OH excluding ortho intramolecular Hbond substituents is 1. The minimum absolute atomic E-state index is 0. The van der Waals surface area contributed by atoms with Crippen LogP contribution in [0.3, 0.4) is 0 Å². The number of hydrogen-bond acceptors (Lipinski definition) is 4. The van der Waals surface area contributed by atoms with Crippen molar-refractivity contribution < 1.29 is 26.2 Å². The van der Waals surface area contributed by atoms with Crippen molar-refractivity contribution in [3.05, 3.63) is 157 Å². The molecule has 6 rings (SSSR count). The molecule has 0 fully saturated rings. The Morgan fingerprint density at radius 2 is 1.35 bits per heavy atom. The van der Waals surface area contributed by atoms with Gasteiger partial charge in [0.1, 0.15) is 11.6 Å². The van der Waals surface area contributed by atoms with E-state index in [0.717, 1.165) is 40.4 Å². The van der Waals surface area contributed by atoms with E-state index in [1.807, 2.05) is 78.9 Å². The molecule has 2 aromatic heterocycles. The zero-order chi connectivity index (χ0) is 26.4. The SMILES string of the molecule is Oc1ccccc1-c1cccc(-c2[c-]c(N(c3ccccc3)c3ccccn3)cc(Cc3ccccc3)c2)n1.[Pt]. The average molecular weight is 700 g/mol. The zero-order valence-electron chi connectivity index (χ0n) is 21.6. The molecule has 0 bridgehead atoms. The number of aromatic nitrogens is 2. The molecular formula is C35H26N3OPt-. The predicted octanol–water partition coefficient (Wildman–Crippen LogP) is 8.37. The first-order chi connectivity index (χ1) is 19.2. The monoisotopic (exact) mass is 699 g/mol. The molecule has 4 aromatic carbocycles. The van der Waals surface area contributed by atoms with Gasteiger partial charge in [-0.2, -0.15) is 0 Å². The van der Waals surface area contributed by atoms with Crippen LogP contribution in [-0.2, 0) is 27.5 Å². The molecule has 40 heavy (non-hydrogen) atoms. The molecule has 0 radical (unpaired) electrons. The summed E-state index contributed by atoms with van der Waals surface area (Å²) in [6, 6.07) is 47.6. The molecule has 0 saturated heterocycles. The molecule has 2 heterocycles. The third-order valence-electron chi connectivity index (χ3n) is 6.50. The van der Waals surface area contributed by atoms with Crippen molar-refractivity contribution in [1.29, 1.82) is 0 Å². The molecule has 0 aliphatic rings. The quantitative estimate of drug-likeness (QED) is 0.170. The van der Waals surface area contributed by atoms with Crippen molar-refractivity contribution in [2.24, 2.45) is 0 Å². The maximum absolute atomic E-state index is 10.4. The smallest absolute Gasteiger partial charge is 0.136 e. The summed E-state index contributed by atoms with van der Waals surface area (Å²) in [5, 5.41) is 10.4. The first-order valence-electron chi connectivity index (χ1n) is 12.9. The number of pyridine rings is 2. The largest absolute Gasteiger partial charge is 0.507 e. The summed E-state index contributed by atoms with van der Waals surface area (Å²) in [4.78, 5) is 11.7. The fraction of sp³-hybridized carbons (Fsp3) is 0.0286. The van der Waals surface area contributed by atoms with Crippen molar-refractivity contribution in [2.75, 3.05) is 4.90 Å². The van der Waals surface area contributed by atoms with Crippen LogP contribution in [0.5, 0.6) is 5.75 Å². The summed E-state index contributed by atoms with van der Waals surface area (Å²) < 4.78 is 0. The van der Waals surface area contributed by atoms with Gasteiger partial charge in [-0.25, -0.2) is 4.98 Å². The van der Waals surface area contributed by atoms with Crippen LogP contribution in [0.25, 0.3) is 22.5 Å². The van der Waals surface area contributed by atoms with Crippen LogP contribution >= 0.6 is 0 Å². The molecule has 4 nitrogen and oxygen atoms in total. The van der Waals surface area contributed by atoms with Crippen LogP contribution in [0.15, 0.2) is 140 Å². The zero-order valence-corrected chi connectivity index (χ0v) is 23.9. The summed E-state index contributed by atoms with van der Waals surface area (Å²) >= 11 is 0. The Balaban J connectivity index is 0.00000323. The summed E-state index contributed by atoms with van der Waals surface area (Å²) in [5.41, 5.74) is 7.27. The second-order valence-electron chi connectivity index (χ2n) is 9.23. The maximum atomic E-state index is 10.4. The molecule has 0 saturated carbocycles. The second kappa shape index (κ2) is 12.5. The molecule has 198 valence electrons. The Hall–Kier alpha value is -4.53. The maximum Gasteiger partial charge on any atom is 0.136 e. The fourth-order valence-corrected chi connectivity index (χ4v) is 4.69. The predicted molar refractivity (Wildman–Crippen MR) is 157 cm³/mol. The van der Waals surface area contributed by atoms with E-state index in [1.165, 1.54) is 5.56 Å². The van der Waals surface area contributed by atoms with Crippen LogP contribution in [0.2, 0.25) is 0 Å². The van der Waals surface area contributed by atoms with Gasteiger partial charge in [-0.1, -0.05) is 78.9 Å². The minimum Gasteiger partial charge on any atom is -0.507 e. The average Bonchev–Trinajstić information content (AvgIpc) is 2.99. The van der Waals surface area contributed by atoms with Gasteiger partial charge in [-0.15, -0.1) is 29.3 Å². The van der Waals surface area contributed by atoms with E-state index >= 15 is 0 Å². The van der Waals surface area contributed by atoms with Gasteiger partial charge in [0.15, 0.2) is 0 Å². The van der Waals surface area contributed by atoms with E-state index < -0.39 is 0 Å². The number of anilines is 3. The number of para-hydroxylation sites is 2. The standard InChI is InChI=1S/C35H26N3O.Pt/c39-34-19-8-7-16-31(34)33-18-11-17-32(37-33)28-23-27(22-26-12-3-1-4-13-26)24-30(25-28)38(29-14-5-2-6-15-29)35-20-9-10-21-36-35;/h1-21,23-24,39H,22H2;/q-1;. The number of phenols is 1. The first-order valence-corrected chi connectivity index (χ1v) is 12.9. The number of hydrogen-bond donors (Lipinski definition) is 1. The van der Waals surface area contributed by atoms with Crippen molar-refractivity contribution in [3.8, 4) is 28.3 Å². The summed E-state index contributed by atoms with van der Waals surface area (Å²) in [7, 11) is 0. The molecule has 0 unspecified atom stereocenters. The Labute approximate surface area is 248 Å². The van der Waals surface area contributed by atoms with Gasteiger partial charge in [-0.05, 0) is 65.8 Å². The van der Waals surface area contributed by atoms with Crippen molar-refractivity contribution in [1.82, 2.24) is 9.97 Å². The second-order valence-corrected chi connectivity index (χ2v) is 9.23. The van der Waals surface area contributed by atoms with Crippen LogP contribution < -0.4 is 4.90 Å². The van der Waals surface area contributed by atoms with E-state index in [0.29, 0.717) is 11.3 Å². The van der Waals surface area contributed by atoms with E-state index in [2.05, 4.69) is 64.5 Å². The molecule has 0 atom stereocenters. The van der Waals surface area contributed by atoms with Crippen LogP contribution in [-0.4, -0.2) is 15.1 Å². The molecule has 0 aliphatic heterocycles. The molecule has 1 N–H and O–H groups in total. The topological polar surface area (TPSA) is 49.2 Å². The molecule has 0 amide bonds. The van der Waals surface area contributed by atoms with Crippen LogP contribution in [0.1, 0.15) is 11.1 Å². The Morgan fingerprint density at radius 1 is 0.650 bits per heavy atom. The van der Waals surface area contributed by atoms with Crippen molar-refractivity contribution >= 4 is 17.2 Å². The van der Waals surface area contributed by atoms with E-state index in [9.17, 15) is 5.11 Å². The van der Waals surface area contributed by atoms with Gasteiger partial charge < -0.3 is 10.0 Å². The fourth-order valence-electron chi connectivity index (χ4n) is 4.69. The van der Waals surface area contributed by atoms with Crippen molar-refractivity contribution in [2.45, 2.75) is 6.42 Å². The Morgan fingerprint density at radius 3 is 2.10 bits per heavy atom. The van der Waals surface area contributed by atoms with Gasteiger partial charge in [0.05, 0.1) is 5.69 Å². The van der Waals surface area contributed by atoms with E-state index in [1.54, 1.807) is 12.3 Å². The number of rotatable bonds is 7. The third kappa shape index (κ3) is 6.03. The number of aromatic hydroxyl groups is 1. The first kappa shape index (κ1) is 27.1. The molecular weight excluding hydrogens is 673 g/mol. The van der Waals surface area contributed by atoms with E-state index in [-0.39, 0.29) is 26.8 Å². The molecule has 5 heteroatoms. The summed E-state index contributed by atoms with van der Waals surface area (Å²) in [6.07, 6.45) is 2.57. The summed E-state index contributed by atoms with van der Waals surface area (Å²) in [5.74, 6) is 1.01. The number of nitrogens with zero attached hydrogens (tertiary/aromatic N) is 3. The van der Waals surface area contributed by atoms with E-state index in [4.69, 9.17) is 4.98 Å². The normalized spacial score (nSPS) is 10.5. The van der Waals surface area contributed by atoms with Gasteiger partial charge in [0, 0.05) is 38.5 Å². The number of benzene rings is 4. The molecule has 0 spiro atoms. The third-order valence-corrected chi connectivity index (χ3v) is 6.50. The summed E-state index contributed by atoms with van der Waals surface area (Å²) in [6.45, 7) is 0. The molecule has 6 aromatic rings. The van der Waals surface area contributed by atoms with Gasteiger partial charge in [0.25, 0.3) is 0 Å². The van der Waals surface area contributed by atoms with Crippen LogP contribution in [0.4, 0.5) is 17.2 Å².